The second-order valence-corrected chi connectivity index (χ2v) is 1.11. The van der Waals surface area contributed by atoms with Crippen molar-refractivity contribution >= 4 is 27.9 Å². The van der Waals surface area contributed by atoms with Crippen molar-refractivity contribution in [2.24, 2.45) is 0 Å². The maximum atomic E-state index is 8.98. The molecular formula is CCl2O. The molecule has 0 N–H and O–H groups in total. The van der Waals surface area contributed by atoms with Gasteiger partial charge < -0.3 is 0 Å². The number of carbonyl (C=O) groups excluding carboxylic acids is 1. The van der Waals surface area contributed by atoms with Crippen LogP contribution in [0.15, 0.2) is 0 Å². The highest BCUT2D eigenvalue weighted by atomic mass is 35.5. The van der Waals surface area contributed by atoms with Gasteiger partial charge in [0.15, 0.2) is 0 Å². The third-order valence-corrected chi connectivity index (χ3v) is 0. The highest BCUT2D eigenvalue weighted by Gasteiger charge is 1.72. The summed E-state index contributed by atoms with van der Waals surface area (Å²) in [6, 6.07) is 0. The van der Waals surface area contributed by atoms with Gasteiger partial charge in [0.05, 0.1) is 0 Å². The normalized spacial score (nSPS) is 6.50. The van der Waals surface area contributed by atoms with Crippen LogP contribution >= 0.6 is 23.2 Å². The smallest absolute Gasteiger partial charge is 0.262 e. The van der Waals surface area contributed by atoms with Gasteiger partial charge in [-0.3, -0.25) is 4.79 Å². The predicted molar refractivity (Wildman–Crippen MR) is 17.1 cm³/mol. The maximum Gasteiger partial charge on any atom is 0.313 e. The van der Waals surface area contributed by atoms with Crippen molar-refractivity contribution < 1.29 is 4.79 Å². The first kappa shape index (κ1) is 4.25. The minimum absolute atomic E-state index is 0.889. The highest BCUT2D eigenvalue weighted by molar-refractivity contribution is 6.93. The van der Waals surface area contributed by atoms with Crippen LogP contribution in [0.3, 0.4) is 0 Å². The molecule has 1 nitrogen and oxygen atoms in total. The molecule has 0 saturated carbocycles. The van der Waals surface area contributed by atoms with Gasteiger partial charge in [-0.15, -0.1) is 0 Å². The van der Waals surface area contributed by atoms with E-state index in [1.54, 1.807) is 0 Å². The average molecular weight is 99.9 g/mol. The number of hydrogen-bond acceptors (Lipinski definition) is 1. The van der Waals surface area contributed by atoms with Crippen LogP contribution in [0.2, 0.25) is 0 Å². The van der Waals surface area contributed by atoms with Crippen LogP contribution in [0.5, 0.6) is 0 Å². The summed E-state index contributed by atoms with van der Waals surface area (Å²) in [5, 5.41) is 0. The fraction of sp³-hybridized carbons (Fsp3) is 0. The Kier molecular flexibility index (Phi) is 1.66. The van der Waals surface area contributed by atoms with Crippen molar-refractivity contribution in [2.45, 2.75) is 0 Å². The summed E-state index contributed by atoms with van der Waals surface area (Å²) in [6.07, 6.45) is 0. The minimum atomic E-state index is -0.889. The lowest BCUT2D eigenvalue weighted by molar-refractivity contribution is 0.275. The summed E-state index contributed by atoms with van der Waals surface area (Å²) in [7, 11) is 0. The Morgan fingerprint density at radius 2 is 1.50 bits per heavy atom. The van der Waals surface area contributed by atoms with Crippen LogP contribution in [-0.4, -0.2) is 4.70 Å². The topological polar surface area (TPSA) is 17.1 Å². The molecule has 0 fully saturated rings. The zero-order valence-electron chi connectivity index (χ0n) is 1.66. The molecule has 0 unspecified atom stereocenters. The molecule has 4 heavy (non-hydrogen) atoms. The van der Waals surface area contributed by atoms with Crippen LogP contribution in [0.1, 0.15) is 0 Å². The lowest BCUT2D eigenvalue weighted by Gasteiger charge is -1.48. The molecular weight excluding hydrogens is 99.9 g/mol. The quantitative estimate of drug-likeness (QED) is 0.422. The van der Waals surface area contributed by atoms with Crippen LogP contribution in [-0.2, 0) is 0 Å². The molecule has 0 aromatic carbocycles. The Labute approximate surface area is 33.5 Å². The minimum Gasteiger partial charge on any atom is -0.262 e. The van der Waals surface area contributed by atoms with E-state index in [-0.39, 0.29) is 0 Å². The van der Waals surface area contributed by atoms with Gasteiger partial charge in [-0.1, -0.05) is 0 Å². The summed E-state index contributed by atoms with van der Waals surface area (Å²) >= 11 is 8.80. The van der Waals surface area contributed by atoms with Crippen molar-refractivity contribution in [1.82, 2.24) is 0 Å². The maximum absolute atomic E-state index is 8.98. The molecule has 24 valence electrons. The fourth-order valence-electron chi connectivity index (χ4n) is 0. The summed E-state index contributed by atoms with van der Waals surface area (Å²) in [4.78, 5) is 8.98. The largest absolute Gasteiger partial charge is 0.313 e. The fourth-order valence-corrected chi connectivity index (χ4v) is 0. The van der Waals surface area contributed by atoms with Gasteiger partial charge in [0, 0.05) is 0 Å². The lowest BCUT2D eigenvalue weighted by Crippen LogP contribution is -1.46. The van der Waals surface area contributed by atoms with Crippen LogP contribution in [0.25, 0.3) is 0 Å². The van der Waals surface area contributed by atoms with E-state index in [0.717, 1.165) is 0 Å². The molecule has 0 atom stereocenters. The Hall–Kier alpha value is 0.250. The van der Waals surface area contributed by atoms with Crippen molar-refractivity contribution in [2.75, 3.05) is 0 Å². The van der Waals surface area contributed by atoms with Gasteiger partial charge in [-0.05, 0) is 23.2 Å². The standard InChI is InChI=1S/CCl2O/c2-1(3)4/i4+1. The number of rotatable bonds is 0. The SMILES string of the molecule is [17O]=C(Cl)Cl. The molecule has 0 aliphatic heterocycles. The molecule has 0 aromatic rings. The van der Waals surface area contributed by atoms with Gasteiger partial charge in [0.25, 0.3) is 0 Å². The first-order valence-electron chi connectivity index (χ1n) is 0.582. The van der Waals surface area contributed by atoms with Crippen molar-refractivity contribution in [3.63, 3.8) is 0 Å². The third-order valence-electron chi connectivity index (χ3n) is 0. The average Bonchev–Trinajstić information content (AvgIpc) is 0.811. The molecule has 0 amide bonds. The molecule has 3 heteroatoms. The first-order chi connectivity index (χ1) is 1.73. The molecule has 0 spiro atoms. The van der Waals surface area contributed by atoms with Gasteiger partial charge in [0.2, 0.25) is 0 Å². The van der Waals surface area contributed by atoms with Gasteiger partial charge in [-0.25, -0.2) is 0 Å². The zero-order valence-corrected chi connectivity index (χ0v) is 3.18. The number of carbonyl (C=O) groups is 1. The Balaban J connectivity index is 2.80. The predicted octanol–water partition coefficient (Wildman–Crippen LogP) is 1.58. The first-order valence-corrected chi connectivity index (χ1v) is 1.34. The molecule has 0 aromatic heterocycles. The van der Waals surface area contributed by atoms with Crippen molar-refractivity contribution in [3.8, 4) is 0 Å². The molecule has 0 rings (SSSR count). The molecule has 0 saturated heterocycles. The van der Waals surface area contributed by atoms with Crippen molar-refractivity contribution in [1.29, 1.82) is 0 Å². The van der Waals surface area contributed by atoms with Gasteiger partial charge in [0.1, 0.15) is 0 Å². The van der Waals surface area contributed by atoms with E-state index in [1.165, 1.54) is 0 Å². The second-order valence-electron chi connectivity index (χ2n) is 0.226. The van der Waals surface area contributed by atoms with E-state index in [2.05, 4.69) is 23.2 Å². The van der Waals surface area contributed by atoms with Gasteiger partial charge >= 0.3 is 4.70 Å². The monoisotopic (exact) mass is 98.9 g/mol. The van der Waals surface area contributed by atoms with E-state index in [1.807, 2.05) is 0 Å². The summed E-state index contributed by atoms with van der Waals surface area (Å²) in [5.74, 6) is 0. The summed E-state index contributed by atoms with van der Waals surface area (Å²) in [5.41, 5.74) is 0. The third kappa shape index (κ3) is 56.3. The molecule has 0 aliphatic rings. The van der Waals surface area contributed by atoms with E-state index in [4.69, 9.17) is 4.79 Å². The summed E-state index contributed by atoms with van der Waals surface area (Å²) in [6.45, 7) is 0. The molecule has 0 radical (unpaired) electrons. The van der Waals surface area contributed by atoms with E-state index >= 15 is 0 Å². The van der Waals surface area contributed by atoms with Crippen LogP contribution < -0.4 is 0 Å². The van der Waals surface area contributed by atoms with E-state index < -0.39 is 4.70 Å². The molecule has 0 heterocycles. The Morgan fingerprint density at radius 3 is 1.50 bits per heavy atom. The van der Waals surface area contributed by atoms with Crippen LogP contribution in [0, 0.1) is 0 Å². The van der Waals surface area contributed by atoms with Gasteiger partial charge in [-0.2, -0.15) is 0 Å². The van der Waals surface area contributed by atoms with E-state index in [0.29, 0.717) is 0 Å². The molecule has 0 bridgehead atoms. The Bertz CT molecular complexity index is 29.0. The Morgan fingerprint density at radius 1 is 1.50 bits per heavy atom. The van der Waals surface area contributed by atoms with Crippen LogP contribution in [0.4, 0.5) is 4.79 Å². The number of halogens is 2. The van der Waals surface area contributed by atoms with E-state index in [9.17, 15) is 0 Å². The van der Waals surface area contributed by atoms with Crippen molar-refractivity contribution in [3.05, 3.63) is 0 Å². The molecule has 0 aliphatic carbocycles. The lowest BCUT2D eigenvalue weighted by atomic mass is 11.8. The summed E-state index contributed by atoms with van der Waals surface area (Å²) < 4.78 is -0.889. The highest BCUT2D eigenvalue weighted by Crippen LogP contribution is 1.84. The number of hydrogen-bond donors (Lipinski definition) is 0. The zero-order chi connectivity index (χ0) is 3.58. The second kappa shape index (κ2) is 1.56.